The smallest absolute Gasteiger partial charge is 0.238 e. The number of amides is 2. The first kappa shape index (κ1) is 20.7. The number of alkyl halides is 1. The minimum atomic E-state index is -0.652. The number of anilines is 2. The first-order valence-electron chi connectivity index (χ1n) is 9.21. The summed E-state index contributed by atoms with van der Waals surface area (Å²) in [6.07, 6.45) is 0. The van der Waals surface area contributed by atoms with E-state index in [0.717, 1.165) is 16.8 Å². The van der Waals surface area contributed by atoms with E-state index in [9.17, 15) is 9.59 Å². The monoisotopic (exact) mass is 416 g/mol. The molecule has 1 saturated heterocycles. The van der Waals surface area contributed by atoms with E-state index in [2.05, 4.69) is 25.2 Å². The molecule has 148 valence electrons. The SMILES string of the molecule is Cc1ccc(N2C(=O)CSC2c2cccc(NC(=O)C(C)(C)CCl)c2)cc1C. The van der Waals surface area contributed by atoms with Crippen molar-refractivity contribution in [3.05, 3.63) is 59.2 Å². The van der Waals surface area contributed by atoms with E-state index in [-0.39, 0.29) is 23.1 Å². The zero-order chi connectivity index (χ0) is 20.5. The van der Waals surface area contributed by atoms with Crippen LogP contribution in [0.25, 0.3) is 0 Å². The van der Waals surface area contributed by atoms with Gasteiger partial charge >= 0.3 is 0 Å². The molecule has 2 aromatic rings. The Hall–Kier alpha value is -1.98. The van der Waals surface area contributed by atoms with Crippen molar-refractivity contribution in [3.8, 4) is 0 Å². The molecule has 2 amide bonds. The molecule has 28 heavy (non-hydrogen) atoms. The molecule has 0 saturated carbocycles. The van der Waals surface area contributed by atoms with E-state index >= 15 is 0 Å². The van der Waals surface area contributed by atoms with E-state index in [1.165, 1.54) is 5.56 Å². The summed E-state index contributed by atoms with van der Waals surface area (Å²) in [4.78, 5) is 26.9. The molecule has 0 bridgehead atoms. The molecular weight excluding hydrogens is 392 g/mol. The Morgan fingerprint density at radius 1 is 1.21 bits per heavy atom. The molecule has 0 aromatic heterocycles. The zero-order valence-electron chi connectivity index (χ0n) is 16.6. The second kappa shape index (κ2) is 8.18. The number of carbonyl (C=O) groups is 2. The highest BCUT2D eigenvalue weighted by molar-refractivity contribution is 8.00. The van der Waals surface area contributed by atoms with E-state index in [1.807, 2.05) is 55.1 Å². The Morgan fingerprint density at radius 2 is 1.96 bits per heavy atom. The number of nitrogens with one attached hydrogen (secondary N) is 1. The van der Waals surface area contributed by atoms with Crippen molar-refractivity contribution < 1.29 is 9.59 Å². The van der Waals surface area contributed by atoms with Crippen LogP contribution in [0.15, 0.2) is 42.5 Å². The van der Waals surface area contributed by atoms with Gasteiger partial charge in [-0.25, -0.2) is 0 Å². The Bertz CT molecular complexity index is 913. The summed E-state index contributed by atoms with van der Waals surface area (Å²) >= 11 is 7.50. The van der Waals surface area contributed by atoms with Crippen molar-refractivity contribution in [1.82, 2.24) is 0 Å². The van der Waals surface area contributed by atoms with E-state index in [4.69, 9.17) is 11.6 Å². The van der Waals surface area contributed by atoms with Gasteiger partial charge in [-0.3, -0.25) is 14.5 Å². The van der Waals surface area contributed by atoms with Gasteiger partial charge in [-0.2, -0.15) is 0 Å². The van der Waals surface area contributed by atoms with Crippen LogP contribution in [-0.2, 0) is 9.59 Å². The summed E-state index contributed by atoms with van der Waals surface area (Å²) in [5.74, 6) is 0.649. The summed E-state index contributed by atoms with van der Waals surface area (Å²) in [7, 11) is 0. The van der Waals surface area contributed by atoms with Crippen LogP contribution < -0.4 is 10.2 Å². The maximum absolute atomic E-state index is 12.6. The summed E-state index contributed by atoms with van der Waals surface area (Å²) in [5.41, 5.74) is 4.30. The Balaban J connectivity index is 1.88. The van der Waals surface area contributed by atoms with Crippen molar-refractivity contribution in [1.29, 1.82) is 0 Å². The van der Waals surface area contributed by atoms with Gasteiger partial charge in [0.05, 0.1) is 11.2 Å². The van der Waals surface area contributed by atoms with Crippen LogP contribution in [0.4, 0.5) is 11.4 Å². The standard InChI is InChI=1S/C22H25ClN2O2S/c1-14-8-9-18(10-15(14)2)25-19(26)12-28-20(25)16-6-5-7-17(11-16)24-21(27)22(3,4)13-23/h5-11,20H,12-13H2,1-4H3,(H,24,27). The first-order valence-corrected chi connectivity index (χ1v) is 10.8. The van der Waals surface area contributed by atoms with E-state index < -0.39 is 5.41 Å². The van der Waals surface area contributed by atoms with Gasteiger partial charge in [0.15, 0.2) is 0 Å². The lowest BCUT2D eigenvalue weighted by Gasteiger charge is -2.26. The molecule has 1 aliphatic rings. The summed E-state index contributed by atoms with van der Waals surface area (Å²) in [6, 6.07) is 13.8. The molecule has 0 aliphatic carbocycles. The number of rotatable bonds is 5. The predicted molar refractivity (Wildman–Crippen MR) is 118 cm³/mol. The Kier molecular flexibility index (Phi) is 6.06. The highest BCUT2D eigenvalue weighted by Crippen LogP contribution is 2.42. The lowest BCUT2D eigenvalue weighted by Crippen LogP contribution is -2.32. The molecule has 1 fully saturated rings. The van der Waals surface area contributed by atoms with Crippen molar-refractivity contribution in [2.75, 3.05) is 21.8 Å². The summed E-state index contributed by atoms with van der Waals surface area (Å²) < 4.78 is 0. The van der Waals surface area contributed by atoms with Gasteiger partial charge < -0.3 is 5.32 Å². The number of halogens is 1. The van der Waals surface area contributed by atoms with Gasteiger partial charge in [-0.05, 0) is 68.7 Å². The van der Waals surface area contributed by atoms with Gasteiger partial charge in [0.25, 0.3) is 0 Å². The molecule has 1 aliphatic heterocycles. The fourth-order valence-electron chi connectivity index (χ4n) is 2.96. The predicted octanol–water partition coefficient (Wildman–Crippen LogP) is 5.29. The quantitative estimate of drug-likeness (QED) is 0.674. The molecule has 1 unspecified atom stereocenters. The fraction of sp³-hybridized carbons (Fsp3) is 0.364. The van der Waals surface area contributed by atoms with E-state index in [1.54, 1.807) is 11.8 Å². The number of thioether (sulfide) groups is 1. The minimum Gasteiger partial charge on any atom is -0.326 e. The highest BCUT2D eigenvalue weighted by Gasteiger charge is 2.34. The van der Waals surface area contributed by atoms with Crippen LogP contribution in [0.1, 0.15) is 35.9 Å². The molecule has 3 rings (SSSR count). The van der Waals surface area contributed by atoms with Gasteiger partial charge in [0.1, 0.15) is 5.37 Å². The molecule has 6 heteroatoms. The number of aryl methyl sites for hydroxylation is 2. The van der Waals surface area contributed by atoms with Crippen LogP contribution in [0.5, 0.6) is 0 Å². The fourth-order valence-corrected chi connectivity index (χ4v) is 4.24. The van der Waals surface area contributed by atoms with Crippen LogP contribution in [0.2, 0.25) is 0 Å². The third-order valence-electron chi connectivity index (χ3n) is 5.01. The average molecular weight is 417 g/mol. The molecular formula is C22H25ClN2O2S. The molecule has 0 radical (unpaired) electrons. The largest absolute Gasteiger partial charge is 0.326 e. The topological polar surface area (TPSA) is 49.4 Å². The van der Waals surface area contributed by atoms with Crippen LogP contribution in [0.3, 0.4) is 0 Å². The normalized spacial score (nSPS) is 17.1. The summed E-state index contributed by atoms with van der Waals surface area (Å²) in [5, 5.41) is 2.83. The molecule has 0 spiro atoms. The van der Waals surface area contributed by atoms with Gasteiger partial charge in [0, 0.05) is 17.3 Å². The number of hydrogen-bond donors (Lipinski definition) is 1. The maximum Gasteiger partial charge on any atom is 0.238 e. The van der Waals surface area contributed by atoms with Crippen molar-refractivity contribution in [2.24, 2.45) is 5.41 Å². The van der Waals surface area contributed by atoms with Crippen molar-refractivity contribution >= 4 is 46.6 Å². The molecule has 2 aromatic carbocycles. The van der Waals surface area contributed by atoms with Crippen LogP contribution in [-0.4, -0.2) is 23.4 Å². The number of benzene rings is 2. The van der Waals surface area contributed by atoms with Gasteiger partial charge in [0.2, 0.25) is 11.8 Å². The summed E-state index contributed by atoms with van der Waals surface area (Å²) in [6.45, 7) is 7.74. The Morgan fingerprint density at radius 3 is 2.64 bits per heavy atom. The second-order valence-electron chi connectivity index (χ2n) is 7.79. The van der Waals surface area contributed by atoms with Crippen molar-refractivity contribution in [3.63, 3.8) is 0 Å². The average Bonchev–Trinajstić information content (AvgIpc) is 3.05. The molecule has 1 atom stereocenters. The first-order chi connectivity index (χ1) is 13.2. The maximum atomic E-state index is 12.6. The zero-order valence-corrected chi connectivity index (χ0v) is 18.2. The van der Waals surface area contributed by atoms with Crippen LogP contribution in [0, 0.1) is 19.3 Å². The second-order valence-corrected chi connectivity index (χ2v) is 9.13. The van der Waals surface area contributed by atoms with Gasteiger partial charge in [-0.15, -0.1) is 23.4 Å². The third-order valence-corrected chi connectivity index (χ3v) is 6.90. The van der Waals surface area contributed by atoms with Crippen molar-refractivity contribution in [2.45, 2.75) is 33.1 Å². The number of carbonyl (C=O) groups excluding carboxylic acids is 2. The number of nitrogens with zero attached hydrogens (tertiary/aromatic N) is 1. The Labute approximate surface area is 175 Å². The molecule has 1 N–H and O–H groups in total. The minimum absolute atomic E-state index is 0.0935. The molecule has 4 nitrogen and oxygen atoms in total. The third kappa shape index (κ3) is 4.20. The number of hydrogen-bond acceptors (Lipinski definition) is 3. The lowest BCUT2D eigenvalue weighted by atomic mass is 9.95. The highest BCUT2D eigenvalue weighted by atomic mass is 35.5. The van der Waals surface area contributed by atoms with Crippen LogP contribution >= 0.6 is 23.4 Å². The van der Waals surface area contributed by atoms with E-state index in [0.29, 0.717) is 11.4 Å². The lowest BCUT2D eigenvalue weighted by molar-refractivity contribution is -0.123. The van der Waals surface area contributed by atoms with Gasteiger partial charge in [-0.1, -0.05) is 18.2 Å². The molecule has 1 heterocycles.